The normalized spacial score (nSPS) is 34.4. The summed E-state index contributed by atoms with van der Waals surface area (Å²) in [4.78, 5) is 5.08. The number of hydrogen-bond acceptors (Lipinski definition) is 3. The lowest BCUT2D eigenvalue weighted by Gasteiger charge is -2.56. The van der Waals surface area contributed by atoms with E-state index < -0.39 is 0 Å². The number of pyridine rings is 1. The zero-order valence-corrected chi connectivity index (χ0v) is 14.8. The lowest BCUT2D eigenvalue weighted by atomic mass is 9.62. The molecule has 3 unspecified atom stereocenters. The molecule has 1 N–H and O–H groups in total. The molecule has 0 fully saturated rings. The number of amidine groups is 1. The van der Waals surface area contributed by atoms with Crippen LogP contribution in [0.4, 0.5) is 0 Å². The van der Waals surface area contributed by atoms with Crippen molar-refractivity contribution in [3.8, 4) is 0 Å². The molecule has 0 bridgehead atoms. The summed E-state index contributed by atoms with van der Waals surface area (Å²) >= 11 is 0. The van der Waals surface area contributed by atoms with Crippen LogP contribution in [0.2, 0.25) is 0 Å². The van der Waals surface area contributed by atoms with E-state index in [-0.39, 0.29) is 22.7 Å². The first-order valence-electron chi connectivity index (χ1n) is 8.76. The smallest absolute Gasteiger partial charge is 0.250 e. The van der Waals surface area contributed by atoms with Gasteiger partial charge in [-0.3, -0.25) is 5.01 Å². The van der Waals surface area contributed by atoms with Crippen molar-refractivity contribution in [1.82, 2.24) is 10.4 Å². The largest absolute Gasteiger partial charge is 0.267 e. The fourth-order valence-electron chi connectivity index (χ4n) is 4.44. The third-order valence-electron chi connectivity index (χ3n) is 5.92. The first kappa shape index (κ1) is 14.9. The van der Waals surface area contributed by atoms with Gasteiger partial charge in [0.05, 0.1) is 0 Å². The minimum absolute atomic E-state index is 0.0110. The molecule has 4 nitrogen and oxygen atoms in total. The Bertz CT molecular complexity index is 714. The van der Waals surface area contributed by atoms with E-state index in [0.29, 0.717) is 0 Å². The summed E-state index contributed by atoms with van der Waals surface area (Å²) in [6.07, 6.45) is 9.20. The zero-order valence-electron chi connectivity index (χ0n) is 14.8. The number of rotatable bonds is 2. The lowest BCUT2D eigenvalue weighted by molar-refractivity contribution is -0.774. The molecule has 0 aromatic carbocycles. The molecule has 3 heterocycles. The predicted octanol–water partition coefficient (Wildman–Crippen LogP) is 2.75. The van der Waals surface area contributed by atoms with E-state index in [2.05, 4.69) is 86.2 Å². The van der Waals surface area contributed by atoms with Gasteiger partial charge in [-0.25, -0.2) is 10.4 Å². The van der Waals surface area contributed by atoms with Crippen LogP contribution in [-0.2, 0) is 5.54 Å². The third-order valence-corrected chi connectivity index (χ3v) is 5.92. The van der Waals surface area contributed by atoms with Crippen LogP contribution < -0.4 is 9.99 Å². The second-order valence-corrected chi connectivity index (χ2v) is 8.03. The van der Waals surface area contributed by atoms with E-state index in [1.54, 1.807) is 0 Å². The molecular weight excluding hydrogens is 284 g/mol. The first-order chi connectivity index (χ1) is 10.9. The Morgan fingerprint density at radius 2 is 2.00 bits per heavy atom. The molecule has 0 amide bonds. The molecule has 1 aliphatic carbocycles. The van der Waals surface area contributed by atoms with Crippen molar-refractivity contribution < 1.29 is 4.57 Å². The monoisotopic (exact) mass is 311 g/mol. The highest BCUT2D eigenvalue weighted by molar-refractivity contribution is 5.98. The summed E-state index contributed by atoms with van der Waals surface area (Å²) in [5.74, 6) is 1.08. The molecule has 0 saturated heterocycles. The Morgan fingerprint density at radius 1 is 1.22 bits per heavy atom. The van der Waals surface area contributed by atoms with Gasteiger partial charge in [-0.2, -0.15) is 4.57 Å². The molecule has 2 aliphatic heterocycles. The molecule has 1 aromatic rings. The molecule has 1 aromatic heterocycles. The van der Waals surface area contributed by atoms with Crippen molar-refractivity contribution in [3.05, 3.63) is 42.2 Å². The number of fused-ring (bicyclic) bond motifs is 6. The second kappa shape index (κ2) is 4.44. The Morgan fingerprint density at radius 3 is 2.57 bits per heavy atom. The van der Waals surface area contributed by atoms with Crippen molar-refractivity contribution in [2.45, 2.75) is 64.7 Å². The number of aromatic nitrogens is 1. The van der Waals surface area contributed by atoms with Crippen molar-refractivity contribution in [1.29, 1.82) is 0 Å². The number of hydrazine groups is 1. The van der Waals surface area contributed by atoms with E-state index in [4.69, 9.17) is 4.99 Å². The SMILES string of the molecule is CCC12C=CC1(CC)[n+]1ccccc1C1=NC(C(C)(C)C)NN12. The summed E-state index contributed by atoms with van der Waals surface area (Å²) in [6.45, 7) is 11.3. The van der Waals surface area contributed by atoms with Gasteiger partial charge in [0.2, 0.25) is 17.1 Å². The van der Waals surface area contributed by atoms with E-state index in [1.807, 2.05) is 0 Å². The van der Waals surface area contributed by atoms with Crippen LogP contribution in [-0.4, -0.2) is 22.5 Å². The molecule has 23 heavy (non-hydrogen) atoms. The van der Waals surface area contributed by atoms with Crippen molar-refractivity contribution in [2.75, 3.05) is 0 Å². The Hall–Kier alpha value is -1.68. The van der Waals surface area contributed by atoms with Gasteiger partial charge in [-0.05, 0) is 30.1 Å². The minimum atomic E-state index is -0.0282. The standard InChI is InChI=1S/C19H27N4/c1-6-18-11-12-19(18,7-2)23-15(14-10-8-9-13-22(14)18)20-16(21-23)17(3,4)5/h8-13,16,21H,6-7H2,1-5H3/q+1. The number of nitrogens with one attached hydrogen (secondary N) is 1. The lowest BCUT2D eigenvalue weighted by Crippen LogP contribution is -2.83. The average molecular weight is 311 g/mol. The van der Waals surface area contributed by atoms with Gasteiger partial charge in [-0.1, -0.05) is 34.6 Å². The van der Waals surface area contributed by atoms with Crippen molar-refractivity contribution in [2.24, 2.45) is 10.4 Å². The maximum Gasteiger partial charge on any atom is 0.250 e. The molecule has 4 rings (SSSR count). The number of aliphatic imine (C=N–C) groups is 1. The number of nitrogens with zero attached hydrogens (tertiary/aromatic N) is 3. The van der Waals surface area contributed by atoms with E-state index >= 15 is 0 Å². The summed E-state index contributed by atoms with van der Waals surface area (Å²) < 4.78 is 2.44. The minimum Gasteiger partial charge on any atom is -0.267 e. The van der Waals surface area contributed by atoms with Gasteiger partial charge in [0.1, 0.15) is 11.7 Å². The summed E-state index contributed by atoms with van der Waals surface area (Å²) in [5.41, 5.74) is 5.00. The average Bonchev–Trinajstić information content (AvgIpc) is 2.94. The summed E-state index contributed by atoms with van der Waals surface area (Å²) in [6, 6.07) is 6.44. The number of hydrogen-bond donors (Lipinski definition) is 1. The molecule has 3 atom stereocenters. The maximum absolute atomic E-state index is 5.08. The Balaban J connectivity index is 1.95. The van der Waals surface area contributed by atoms with Crippen molar-refractivity contribution in [3.63, 3.8) is 0 Å². The summed E-state index contributed by atoms with van der Waals surface area (Å²) in [7, 11) is 0. The quantitative estimate of drug-likeness (QED) is 0.673. The molecule has 0 saturated carbocycles. The second-order valence-electron chi connectivity index (χ2n) is 8.03. The van der Waals surface area contributed by atoms with E-state index in [0.717, 1.165) is 18.7 Å². The van der Waals surface area contributed by atoms with E-state index in [9.17, 15) is 0 Å². The fraction of sp³-hybridized carbons (Fsp3) is 0.579. The van der Waals surface area contributed by atoms with E-state index in [1.165, 1.54) is 5.69 Å². The van der Waals surface area contributed by atoms with Crippen molar-refractivity contribution >= 4 is 5.84 Å². The fourth-order valence-corrected chi connectivity index (χ4v) is 4.44. The van der Waals surface area contributed by atoms with Gasteiger partial charge < -0.3 is 0 Å². The molecular formula is C19H27N4+. The van der Waals surface area contributed by atoms with Crippen LogP contribution >= 0.6 is 0 Å². The van der Waals surface area contributed by atoms with Crippen LogP contribution in [0.15, 0.2) is 41.5 Å². The van der Waals surface area contributed by atoms with Crippen LogP contribution in [0.3, 0.4) is 0 Å². The Kier molecular flexibility index (Phi) is 2.87. The maximum atomic E-state index is 5.08. The highest BCUT2D eigenvalue weighted by atomic mass is 15.7. The van der Waals surface area contributed by atoms with Gasteiger partial charge >= 0.3 is 0 Å². The zero-order chi connectivity index (χ0) is 16.5. The van der Waals surface area contributed by atoms with Crippen LogP contribution in [0, 0.1) is 5.41 Å². The van der Waals surface area contributed by atoms with Crippen LogP contribution in [0.5, 0.6) is 0 Å². The highest BCUT2D eigenvalue weighted by Gasteiger charge is 2.69. The van der Waals surface area contributed by atoms with Crippen LogP contribution in [0.1, 0.15) is 53.2 Å². The molecule has 4 heteroatoms. The molecule has 0 spiro atoms. The summed E-state index contributed by atoms with van der Waals surface area (Å²) in [5, 5.41) is 2.36. The van der Waals surface area contributed by atoms with Crippen LogP contribution in [0.25, 0.3) is 0 Å². The molecule has 122 valence electrons. The van der Waals surface area contributed by atoms with Gasteiger partial charge in [0.15, 0.2) is 6.20 Å². The molecule has 3 aliphatic rings. The highest BCUT2D eigenvalue weighted by Crippen LogP contribution is 2.50. The van der Waals surface area contributed by atoms with Gasteiger partial charge in [0, 0.05) is 18.6 Å². The van der Waals surface area contributed by atoms with Gasteiger partial charge in [-0.15, -0.1) is 0 Å². The molecule has 0 radical (unpaired) electrons. The first-order valence-corrected chi connectivity index (χ1v) is 8.76. The predicted molar refractivity (Wildman–Crippen MR) is 91.8 cm³/mol. The Labute approximate surface area is 138 Å². The third kappa shape index (κ3) is 1.60. The van der Waals surface area contributed by atoms with Gasteiger partial charge in [0.25, 0.3) is 0 Å². The topological polar surface area (TPSA) is 31.5 Å².